The second-order valence-electron chi connectivity index (χ2n) is 3.88. The van der Waals surface area contributed by atoms with Crippen LogP contribution in [0.5, 0.6) is 5.75 Å². The van der Waals surface area contributed by atoms with E-state index in [0.29, 0.717) is 12.4 Å². The van der Waals surface area contributed by atoms with E-state index in [4.69, 9.17) is 4.74 Å². The van der Waals surface area contributed by atoms with E-state index in [2.05, 4.69) is 9.97 Å². The summed E-state index contributed by atoms with van der Waals surface area (Å²) in [5, 5.41) is 0. The van der Waals surface area contributed by atoms with Crippen molar-refractivity contribution in [3.63, 3.8) is 0 Å². The molecule has 0 bridgehead atoms. The van der Waals surface area contributed by atoms with Crippen molar-refractivity contribution in [1.82, 2.24) is 14.4 Å². The summed E-state index contributed by atoms with van der Waals surface area (Å²) >= 11 is 0. The first-order chi connectivity index (χ1) is 8.81. The fraction of sp³-hybridized carbons (Fsp3) is 0.0769. The standard InChI is InChI=1S/C13H11N3O2/c17-13-7-11(4-5-14-13)18-9-10-8-16-6-2-1-3-12(16)15-10/h1-8H,9H2,(H,14,17). The molecule has 0 spiro atoms. The Labute approximate surface area is 103 Å². The van der Waals surface area contributed by atoms with E-state index in [0.717, 1.165) is 11.3 Å². The fourth-order valence-corrected chi connectivity index (χ4v) is 1.73. The second-order valence-corrected chi connectivity index (χ2v) is 3.88. The first-order valence-electron chi connectivity index (χ1n) is 5.55. The zero-order valence-corrected chi connectivity index (χ0v) is 9.54. The molecule has 1 N–H and O–H groups in total. The maximum atomic E-state index is 11.1. The normalized spacial score (nSPS) is 10.7. The molecule has 0 aromatic carbocycles. The fourth-order valence-electron chi connectivity index (χ4n) is 1.73. The van der Waals surface area contributed by atoms with Crippen LogP contribution in [0.2, 0.25) is 0 Å². The maximum absolute atomic E-state index is 11.1. The zero-order chi connectivity index (χ0) is 12.4. The van der Waals surface area contributed by atoms with Crippen molar-refractivity contribution in [1.29, 1.82) is 0 Å². The number of imidazole rings is 1. The molecule has 0 radical (unpaired) electrons. The van der Waals surface area contributed by atoms with Gasteiger partial charge in [-0.2, -0.15) is 0 Å². The number of hydrogen-bond donors (Lipinski definition) is 1. The van der Waals surface area contributed by atoms with E-state index in [9.17, 15) is 4.79 Å². The molecule has 0 aliphatic heterocycles. The van der Waals surface area contributed by atoms with Crippen LogP contribution in [0.4, 0.5) is 0 Å². The van der Waals surface area contributed by atoms with Crippen LogP contribution >= 0.6 is 0 Å². The van der Waals surface area contributed by atoms with Crippen LogP contribution in [0, 0.1) is 0 Å². The van der Waals surface area contributed by atoms with Gasteiger partial charge < -0.3 is 14.1 Å². The van der Waals surface area contributed by atoms with Gasteiger partial charge in [0.1, 0.15) is 18.0 Å². The molecule has 0 aliphatic carbocycles. The number of fused-ring (bicyclic) bond motifs is 1. The Kier molecular flexibility index (Phi) is 2.57. The number of ether oxygens (including phenoxy) is 1. The van der Waals surface area contributed by atoms with Gasteiger partial charge in [-0.25, -0.2) is 4.98 Å². The molecule has 3 rings (SSSR count). The third-order valence-corrected chi connectivity index (χ3v) is 2.55. The van der Waals surface area contributed by atoms with Crippen molar-refractivity contribution in [3.05, 3.63) is 65.0 Å². The van der Waals surface area contributed by atoms with Gasteiger partial charge in [0.05, 0.1) is 5.69 Å². The Morgan fingerprint density at radius 1 is 1.33 bits per heavy atom. The van der Waals surface area contributed by atoms with Crippen molar-refractivity contribution in [2.24, 2.45) is 0 Å². The SMILES string of the molecule is O=c1cc(OCc2cn3ccccc3n2)cc[nH]1. The first-order valence-corrected chi connectivity index (χ1v) is 5.55. The number of nitrogens with zero attached hydrogens (tertiary/aromatic N) is 2. The molecule has 0 atom stereocenters. The second kappa shape index (κ2) is 4.37. The van der Waals surface area contributed by atoms with Gasteiger partial charge in [-0.15, -0.1) is 0 Å². The molecular formula is C13H11N3O2. The third-order valence-electron chi connectivity index (χ3n) is 2.55. The molecule has 0 fully saturated rings. The lowest BCUT2D eigenvalue weighted by Crippen LogP contribution is -2.04. The lowest BCUT2D eigenvalue weighted by molar-refractivity contribution is 0.301. The average molecular weight is 241 g/mol. The highest BCUT2D eigenvalue weighted by molar-refractivity contribution is 5.39. The summed E-state index contributed by atoms with van der Waals surface area (Å²) in [6.07, 6.45) is 5.39. The summed E-state index contributed by atoms with van der Waals surface area (Å²) < 4.78 is 7.43. The number of rotatable bonds is 3. The van der Waals surface area contributed by atoms with Crippen molar-refractivity contribution in [2.45, 2.75) is 6.61 Å². The van der Waals surface area contributed by atoms with Crippen LogP contribution in [0.25, 0.3) is 5.65 Å². The van der Waals surface area contributed by atoms with Gasteiger partial charge in [0.2, 0.25) is 0 Å². The number of aromatic nitrogens is 3. The van der Waals surface area contributed by atoms with Crippen LogP contribution in [0.15, 0.2) is 53.7 Å². The van der Waals surface area contributed by atoms with Crippen molar-refractivity contribution in [3.8, 4) is 5.75 Å². The van der Waals surface area contributed by atoms with E-state index in [1.54, 1.807) is 12.3 Å². The van der Waals surface area contributed by atoms with E-state index in [1.165, 1.54) is 6.07 Å². The molecule has 3 heterocycles. The Balaban J connectivity index is 1.78. The maximum Gasteiger partial charge on any atom is 0.251 e. The summed E-state index contributed by atoms with van der Waals surface area (Å²) in [4.78, 5) is 18.0. The Hall–Kier alpha value is -2.56. The predicted octanol–water partition coefficient (Wildman–Crippen LogP) is 1.60. The smallest absolute Gasteiger partial charge is 0.251 e. The van der Waals surface area contributed by atoms with Gasteiger partial charge in [0.15, 0.2) is 0 Å². The summed E-state index contributed by atoms with van der Waals surface area (Å²) in [5.41, 5.74) is 1.52. The average Bonchev–Trinajstić information content (AvgIpc) is 2.79. The zero-order valence-electron chi connectivity index (χ0n) is 9.54. The monoisotopic (exact) mass is 241 g/mol. The van der Waals surface area contributed by atoms with Crippen LogP contribution in [-0.2, 0) is 6.61 Å². The summed E-state index contributed by atoms with van der Waals surface area (Å²) in [5.74, 6) is 0.538. The highest BCUT2D eigenvalue weighted by Crippen LogP contribution is 2.09. The van der Waals surface area contributed by atoms with Gasteiger partial charge in [0.25, 0.3) is 5.56 Å². The van der Waals surface area contributed by atoms with Crippen LogP contribution < -0.4 is 10.3 Å². The molecule has 5 heteroatoms. The molecule has 3 aromatic heterocycles. The van der Waals surface area contributed by atoms with Gasteiger partial charge in [-0.1, -0.05) is 6.07 Å². The highest BCUT2D eigenvalue weighted by Gasteiger charge is 2.02. The molecule has 18 heavy (non-hydrogen) atoms. The molecule has 0 saturated carbocycles. The molecule has 90 valence electrons. The van der Waals surface area contributed by atoms with Crippen LogP contribution in [-0.4, -0.2) is 14.4 Å². The quantitative estimate of drug-likeness (QED) is 0.757. The molecule has 0 saturated heterocycles. The largest absolute Gasteiger partial charge is 0.487 e. The van der Waals surface area contributed by atoms with E-state index >= 15 is 0 Å². The van der Waals surface area contributed by atoms with Crippen LogP contribution in [0.1, 0.15) is 5.69 Å². The van der Waals surface area contributed by atoms with Crippen molar-refractivity contribution >= 4 is 5.65 Å². The van der Waals surface area contributed by atoms with Crippen LogP contribution in [0.3, 0.4) is 0 Å². The predicted molar refractivity (Wildman–Crippen MR) is 66.6 cm³/mol. The minimum Gasteiger partial charge on any atom is -0.487 e. The Bertz CT molecular complexity index is 697. The molecule has 0 aliphatic rings. The Morgan fingerprint density at radius 2 is 2.28 bits per heavy atom. The molecule has 0 unspecified atom stereocenters. The van der Waals surface area contributed by atoms with Gasteiger partial charge in [0, 0.05) is 24.7 Å². The molecular weight excluding hydrogens is 230 g/mol. The Morgan fingerprint density at radius 3 is 3.11 bits per heavy atom. The lowest BCUT2D eigenvalue weighted by atomic mass is 10.4. The number of H-pyrrole nitrogens is 1. The number of aromatic amines is 1. The third kappa shape index (κ3) is 2.10. The minimum absolute atomic E-state index is 0.178. The van der Waals surface area contributed by atoms with E-state index < -0.39 is 0 Å². The summed E-state index contributed by atoms with van der Waals surface area (Å²) in [6.45, 7) is 0.338. The molecule has 3 aromatic rings. The highest BCUT2D eigenvalue weighted by atomic mass is 16.5. The first kappa shape index (κ1) is 10.6. The van der Waals surface area contributed by atoms with E-state index in [-0.39, 0.29) is 5.56 Å². The number of pyridine rings is 2. The van der Waals surface area contributed by atoms with E-state index in [1.807, 2.05) is 35.0 Å². The van der Waals surface area contributed by atoms with Crippen molar-refractivity contribution in [2.75, 3.05) is 0 Å². The topological polar surface area (TPSA) is 59.4 Å². The lowest BCUT2D eigenvalue weighted by Gasteiger charge is -2.02. The number of nitrogens with one attached hydrogen (secondary N) is 1. The molecule has 5 nitrogen and oxygen atoms in total. The van der Waals surface area contributed by atoms with Crippen molar-refractivity contribution < 1.29 is 4.74 Å². The van der Waals surface area contributed by atoms with Gasteiger partial charge in [-0.05, 0) is 18.2 Å². The summed E-state index contributed by atoms with van der Waals surface area (Å²) in [6, 6.07) is 8.92. The van der Waals surface area contributed by atoms with Gasteiger partial charge in [-0.3, -0.25) is 4.79 Å². The minimum atomic E-state index is -0.178. The number of hydrogen-bond acceptors (Lipinski definition) is 3. The van der Waals surface area contributed by atoms with Gasteiger partial charge >= 0.3 is 0 Å². The molecule has 0 amide bonds. The summed E-state index contributed by atoms with van der Waals surface area (Å²) in [7, 11) is 0.